The van der Waals surface area contributed by atoms with Gasteiger partial charge in [-0.2, -0.15) is 0 Å². The molecule has 0 radical (unpaired) electrons. The quantitative estimate of drug-likeness (QED) is 0.466. The van der Waals surface area contributed by atoms with Crippen LogP contribution in [0, 0.1) is 5.92 Å². The molecule has 0 saturated heterocycles. The minimum atomic E-state index is -0.935. The standard InChI is InChI=1S/C10H14O3.3C4H6O2/c1-7(10(12)13)5-8-3-2-4-9(11)6-8;3*1-3(2)4(5)6/h5,8H,2-4,6H2,1H3,(H,12,13);3*1H2,2H3,(H,5,6). The maximum Gasteiger partial charge on any atom is 0.330 e. The molecule has 1 aliphatic rings. The van der Waals surface area contributed by atoms with E-state index in [0.717, 1.165) is 12.8 Å². The zero-order valence-electron chi connectivity index (χ0n) is 18.4. The molecule has 31 heavy (non-hydrogen) atoms. The van der Waals surface area contributed by atoms with Crippen LogP contribution in [-0.4, -0.2) is 50.1 Å². The smallest absolute Gasteiger partial charge is 0.330 e. The minimum absolute atomic E-state index is 0.150. The van der Waals surface area contributed by atoms with Gasteiger partial charge in [-0.1, -0.05) is 25.8 Å². The van der Waals surface area contributed by atoms with Gasteiger partial charge < -0.3 is 20.4 Å². The molecule has 0 aliphatic heterocycles. The molecule has 4 N–H and O–H groups in total. The zero-order chi connectivity index (χ0) is 25.3. The third kappa shape index (κ3) is 22.7. The fourth-order valence-electron chi connectivity index (χ4n) is 1.63. The van der Waals surface area contributed by atoms with Crippen LogP contribution in [0.4, 0.5) is 0 Å². The molecule has 9 nitrogen and oxygen atoms in total. The van der Waals surface area contributed by atoms with E-state index >= 15 is 0 Å². The number of carbonyl (C=O) groups excluding carboxylic acids is 1. The molecule has 1 saturated carbocycles. The molecule has 0 bridgehead atoms. The van der Waals surface area contributed by atoms with Crippen LogP contribution in [-0.2, 0) is 24.0 Å². The Bertz CT molecular complexity index is 649. The molecule has 1 aliphatic carbocycles. The molecule has 0 aromatic carbocycles. The Morgan fingerprint density at radius 3 is 1.32 bits per heavy atom. The molecule has 9 heteroatoms. The Labute approximate surface area is 182 Å². The predicted octanol–water partition coefficient (Wildman–Crippen LogP) is 3.72. The number of Topliss-reactive ketones (excluding diaryl/α,β-unsaturated/α-hetero) is 1. The van der Waals surface area contributed by atoms with E-state index in [1.165, 1.54) is 20.8 Å². The van der Waals surface area contributed by atoms with Gasteiger partial charge in [-0.05, 0) is 46.5 Å². The molecule has 0 aromatic rings. The SMILES string of the molecule is C=C(C)C(=O)O.C=C(C)C(=O)O.C=C(C)C(=O)O.CC(=CC1CCCC(=O)C1)C(=O)O. The minimum Gasteiger partial charge on any atom is -0.478 e. The lowest BCUT2D eigenvalue weighted by Crippen LogP contribution is -2.14. The normalized spacial score (nSPS) is 14.6. The molecule has 1 unspecified atom stereocenters. The number of ketones is 1. The fourth-order valence-corrected chi connectivity index (χ4v) is 1.63. The second kappa shape index (κ2) is 17.4. The summed E-state index contributed by atoms with van der Waals surface area (Å²) in [6.45, 7) is 15.4. The van der Waals surface area contributed by atoms with Gasteiger partial charge in [0.15, 0.2) is 0 Å². The summed E-state index contributed by atoms with van der Waals surface area (Å²) in [5.41, 5.74) is 0.875. The van der Waals surface area contributed by atoms with E-state index in [1.54, 1.807) is 13.0 Å². The van der Waals surface area contributed by atoms with E-state index in [0.29, 0.717) is 18.4 Å². The first kappa shape index (κ1) is 32.2. The summed E-state index contributed by atoms with van der Waals surface area (Å²) in [6.07, 6.45) is 4.73. The Morgan fingerprint density at radius 1 is 0.774 bits per heavy atom. The van der Waals surface area contributed by atoms with Crippen molar-refractivity contribution in [1.29, 1.82) is 0 Å². The van der Waals surface area contributed by atoms with Crippen molar-refractivity contribution in [2.45, 2.75) is 53.4 Å². The highest BCUT2D eigenvalue weighted by Crippen LogP contribution is 2.23. The number of carboxylic acids is 4. The third-order valence-corrected chi connectivity index (χ3v) is 3.44. The molecular weight excluding hydrogens is 408 g/mol. The van der Waals surface area contributed by atoms with E-state index in [4.69, 9.17) is 20.4 Å². The molecule has 1 atom stereocenters. The van der Waals surface area contributed by atoms with Crippen molar-refractivity contribution in [2.75, 3.05) is 0 Å². The largest absolute Gasteiger partial charge is 0.478 e. The number of hydrogen-bond donors (Lipinski definition) is 4. The molecule has 0 amide bonds. The maximum atomic E-state index is 11.0. The van der Waals surface area contributed by atoms with Crippen LogP contribution in [0.15, 0.2) is 48.1 Å². The van der Waals surface area contributed by atoms with Gasteiger partial charge in [0.25, 0.3) is 0 Å². The van der Waals surface area contributed by atoms with Crippen LogP contribution in [0.5, 0.6) is 0 Å². The monoisotopic (exact) mass is 440 g/mol. The number of allylic oxidation sites excluding steroid dienone is 1. The number of aliphatic carboxylic acids is 4. The lowest BCUT2D eigenvalue weighted by atomic mass is 9.87. The number of rotatable bonds is 5. The first-order valence-corrected chi connectivity index (χ1v) is 9.12. The first-order chi connectivity index (χ1) is 14.0. The number of carboxylic acid groups (broad SMARTS) is 4. The van der Waals surface area contributed by atoms with Gasteiger partial charge in [0.05, 0.1) is 0 Å². The van der Waals surface area contributed by atoms with Gasteiger partial charge in [0.2, 0.25) is 0 Å². The highest BCUT2D eigenvalue weighted by atomic mass is 16.4. The van der Waals surface area contributed by atoms with Gasteiger partial charge in [-0.15, -0.1) is 0 Å². The van der Waals surface area contributed by atoms with Gasteiger partial charge >= 0.3 is 23.9 Å². The summed E-state index contributed by atoms with van der Waals surface area (Å²) in [4.78, 5) is 50.3. The van der Waals surface area contributed by atoms with Crippen molar-refractivity contribution in [3.8, 4) is 0 Å². The number of hydrogen-bond acceptors (Lipinski definition) is 5. The topological polar surface area (TPSA) is 166 Å². The van der Waals surface area contributed by atoms with Crippen LogP contribution < -0.4 is 0 Å². The second-order valence-electron chi connectivity index (χ2n) is 6.81. The fraction of sp³-hybridized carbons (Fsp3) is 0.409. The van der Waals surface area contributed by atoms with Crippen molar-refractivity contribution in [3.63, 3.8) is 0 Å². The van der Waals surface area contributed by atoms with Crippen molar-refractivity contribution in [2.24, 2.45) is 5.92 Å². The predicted molar refractivity (Wildman–Crippen MR) is 116 cm³/mol. The molecule has 0 spiro atoms. The van der Waals surface area contributed by atoms with E-state index in [2.05, 4.69) is 19.7 Å². The van der Waals surface area contributed by atoms with Gasteiger partial charge in [0, 0.05) is 35.1 Å². The van der Waals surface area contributed by atoms with Gasteiger partial charge in [-0.25, -0.2) is 19.2 Å². The van der Waals surface area contributed by atoms with Crippen molar-refractivity contribution >= 4 is 29.7 Å². The molecule has 0 heterocycles. The summed E-state index contributed by atoms with van der Waals surface area (Å²) in [7, 11) is 0. The zero-order valence-corrected chi connectivity index (χ0v) is 18.4. The van der Waals surface area contributed by atoms with Crippen molar-refractivity contribution in [3.05, 3.63) is 48.1 Å². The number of carbonyl (C=O) groups is 5. The van der Waals surface area contributed by atoms with Crippen LogP contribution in [0.3, 0.4) is 0 Å². The third-order valence-electron chi connectivity index (χ3n) is 3.44. The van der Waals surface area contributed by atoms with E-state index in [9.17, 15) is 24.0 Å². The van der Waals surface area contributed by atoms with E-state index < -0.39 is 23.9 Å². The van der Waals surface area contributed by atoms with Crippen molar-refractivity contribution in [1.82, 2.24) is 0 Å². The lowest BCUT2D eigenvalue weighted by Gasteiger charge is -2.17. The van der Waals surface area contributed by atoms with Crippen LogP contribution in [0.2, 0.25) is 0 Å². The van der Waals surface area contributed by atoms with Crippen LogP contribution in [0.1, 0.15) is 53.4 Å². The Morgan fingerprint density at radius 2 is 1.10 bits per heavy atom. The first-order valence-electron chi connectivity index (χ1n) is 9.12. The van der Waals surface area contributed by atoms with E-state index in [-0.39, 0.29) is 28.4 Å². The lowest BCUT2D eigenvalue weighted by molar-refractivity contribution is -0.133. The molecule has 1 rings (SSSR count). The highest BCUT2D eigenvalue weighted by molar-refractivity contribution is 5.86. The maximum absolute atomic E-state index is 11.0. The second-order valence-corrected chi connectivity index (χ2v) is 6.81. The Hall–Kier alpha value is -3.49. The summed E-state index contributed by atoms with van der Waals surface area (Å²) in [5.74, 6) is -3.29. The summed E-state index contributed by atoms with van der Waals surface area (Å²) >= 11 is 0. The molecule has 0 aromatic heterocycles. The van der Waals surface area contributed by atoms with Gasteiger partial charge in [-0.3, -0.25) is 4.79 Å². The summed E-state index contributed by atoms with van der Waals surface area (Å²) in [5, 5.41) is 32.3. The van der Waals surface area contributed by atoms with Crippen molar-refractivity contribution < 1.29 is 44.4 Å². The summed E-state index contributed by atoms with van der Waals surface area (Å²) < 4.78 is 0. The van der Waals surface area contributed by atoms with Crippen LogP contribution >= 0.6 is 0 Å². The Balaban J connectivity index is -0.000000370. The highest BCUT2D eigenvalue weighted by Gasteiger charge is 2.18. The average Bonchev–Trinajstić information content (AvgIpc) is 2.62. The van der Waals surface area contributed by atoms with E-state index in [1.807, 2.05) is 0 Å². The average molecular weight is 440 g/mol. The Kier molecular flexibility index (Phi) is 18.0. The van der Waals surface area contributed by atoms with Gasteiger partial charge in [0.1, 0.15) is 5.78 Å². The molecule has 174 valence electrons. The van der Waals surface area contributed by atoms with Crippen LogP contribution in [0.25, 0.3) is 0 Å². The molecular formula is C22H32O9. The molecule has 1 fully saturated rings. The summed E-state index contributed by atoms with van der Waals surface area (Å²) in [6, 6.07) is 0.